The van der Waals surface area contributed by atoms with E-state index in [9.17, 15) is 13.4 Å². The van der Waals surface area contributed by atoms with Crippen molar-refractivity contribution in [1.29, 1.82) is 0 Å². The number of benzene rings is 1. The van der Waals surface area contributed by atoms with Crippen molar-refractivity contribution in [3.8, 4) is 0 Å². The van der Waals surface area contributed by atoms with E-state index in [1.165, 1.54) is 6.07 Å². The molecule has 0 radical (unpaired) electrons. The van der Waals surface area contributed by atoms with Gasteiger partial charge in [0, 0.05) is 35.7 Å². The van der Waals surface area contributed by atoms with Crippen LogP contribution in [0.4, 0.5) is 4.39 Å². The van der Waals surface area contributed by atoms with Crippen LogP contribution in [-0.4, -0.2) is 34.2 Å². The highest BCUT2D eigenvalue weighted by Crippen LogP contribution is 2.14. The minimum absolute atomic E-state index is 0.0129. The molecule has 1 heterocycles. The summed E-state index contributed by atoms with van der Waals surface area (Å²) in [5, 5.41) is 0.0401. The summed E-state index contributed by atoms with van der Waals surface area (Å²) in [4.78, 5) is 11.8. The lowest BCUT2D eigenvalue weighted by atomic mass is 10.1. The highest BCUT2D eigenvalue weighted by Gasteiger charge is 2.22. The van der Waals surface area contributed by atoms with E-state index in [1.807, 2.05) is 0 Å². The molecule has 2 rings (SSSR count). The minimum atomic E-state index is -1.17. The Bertz CT molecular complexity index is 470. The number of ether oxygens (including phenoxy) is 1. The predicted octanol–water partition coefficient (Wildman–Crippen LogP) is 1.86. The van der Waals surface area contributed by atoms with Crippen molar-refractivity contribution in [2.45, 2.75) is 24.5 Å². The van der Waals surface area contributed by atoms with Gasteiger partial charge < -0.3 is 4.74 Å². The molecule has 3 nitrogen and oxygen atoms in total. The highest BCUT2D eigenvalue weighted by molar-refractivity contribution is 7.86. The first kappa shape index (κ1) is 14.3. The summed E-state index contributed by atoms with van der Waals surface area (Å²) in [6.07, 6.45) is 1.49. The summed E-state index contributed by atoms with van der Waals surface area (Å²) in [6, 6.07) is 6.20. The largest absolute Gasteiger partial charge is 0.381 e. The van der Waals surface area contributed by atoms with Gasteiger partial charge in [0.15, 0.2) is 0 Å². The molecule has 1 aromatic rings. The van der Waals surface area contributed by atoms with Crippen molar-refractivity contribution in [3.63, 3.8) is 0 Å². The summed E-state index contributed by atoms with van der Waals surface area (Å²) < 4.78 is 30.6. The molecular formula is C14H17FO3S. The maximum absolute atomic E-state index is 13.4. The molecular weight excluding hydrogens is 267 g/mol. The summed E-state index contributed by atoms with van der Waals surface area (Å²) in [5.41, 5.74) is 0.372. The second kappa shape index (κ2) is 6.91. The monoisotopic (exact) mass is 284 g/mol. The zero-order chi connectivity index (χ0) is 13.7. The molecule has 1 aliphatic rings. The fourth-order valence-corrected chi connectivity index (χ4v) is 3.49. The van der Waals surface area contributed by atoms with Crippen LogP contribution in [0, 0.1) is 5.82 Å². The molecule has 0 aliphatic carbocycles. The van der Waals surface area contributed by atoms with Crippen LogP contribution in [0.3, 0.4) is 0 Å². The summed E-state index contributed by atoms with van der Waals surface area (Å²) in [5.74, 6) is -0.540. The van der Waals surface area contributed by atoms with Crippen molar-refractivity contribution < 1.29 is 18.1 Å². The van der Waals surface area contributed by atoms with E-state index < -0.39 is 10.8 Å². The van der Waals surface area contributed by atoms with Gasteiger partial charge >= 0.3 is 0 Å². The Hall–Kier alpha value is -1.07. The van der Waals surface area contributed by atoms with Gasteiger partial charge in [0.2, 0.25) is 0 Å². The molecule has 1 atom stereocenters. The third-order valence-corrected chi connectivity index (χ3v) is 5.01. The Morgan fingerprint density at radius 1 is 1.32 bits per heavy atom. The van der Waals surface area contributed by atoms with Crippen LogP contribution in [0.1, 0.15) is 18.4 Å². The maximum Gasteiger partial charge on any atom is 0.149 e. The van der Waals surface area contributed by atoms with E-state index in [2.05, 4.69) is 0 Å². The number of ketones is 1. The molecule has 1 aromatic carbocycles. The number of halogens is 1. The van der Waals surface area contributed by atoms with Gasteiger partial charge in [0.25, 0.3) is 0 Å². The Morgan fingerprint density at radius 3 is 2.68 bits per heavy atom. The lowest BCUT2D eigenvalue weighted by molar-refractivity contribution is -0.116. The van der Waals surface area contributed by atoms with Crippen LogP contribution < -0.4 is 0 Å². The SMILES string of the molecule is O=C(Cc1ccccc1F)CS(=O)C1CCOCC1. The van der Waals surface area contributed by atoms with Crippen LogP contribution in [0.15, 0.2) is 24.3 Å². The maximum atomic E-state index is 13.4. The van der Waals surface area contributed by atoms with E-state index in [1.54, 1.807) is 18.2 Å². The summed E-state index contributed by atoms with van der Waals surface area (Å²) in [7, 11) is -1.17. The molecule has 19 heavy (non-hydrogen) atoms. The van der Waals surface area contributed by atoms with Crippen LogP contribution >= 0.6 is 0 Å². The van der Waals surface area contributed by atoms with Gasteiger partial charge in [-0.1, -0.05) is 18.2 Å². The van der Waals surface area contributed by atoms with E-state index >= 15 is 0 Å². The molecule has 1 saturated heterocycles. The molecule has 1 fully saturated rings. The zero-order valence-corrected chi connectivity index (χ0v) is 11.5. The Morgan fingerprint density at radius 2 is 2.00 bits per heavy atom. The van der Waals surface area contributed by atoms with Crippen molar-refractivity contribution in [2.75, 3.05) is 19.0 Å². The van der Waals surface area contributed by atoms with Gasteiger partial charge in [-0.2, -0.15) is 0 Å². The first-order chi connectivity index (χ1) is 9.16. The molecule has 5 heteroatoms. The third kappa shape index (κ3) is 4.21. The predicted molar refractivity (Wildman–Crippen MR) is 72.0 cm³/mol. The number of hydrogen-bond donors (Lipinski definition) is 0. The van der Waals surface area contributed by atoms with Crippen molar-refractivity contribution >= 4 is 16.6 Å². The van der Waals surface area contributed by atoms with Gasteiger partial charge in [0.05, 0.1) is 5.75 Å². The Kier molecular flexibility index (Phi) is 5.22. The third-order valence-electron chi connectivity index (χ3n) is 3.19. The second-order valence-electron chi connectivity index (χ2n) is 4.64. The van der Waals surface area contributed by atoms with Crippen LogP contribution in [0.25, 0.3) is 0 Å². The molecule has 0 bridgehead atoms. The summed E-state index contributed by atoms with van der Waals surface area (Å²) >= 11 is 0. The van der Waals surface area contributed by atoms with Crippen LogP contribution in [-0.2, 0) is 26.8 Å². The number of Topliss-reactive ketones (excluding diaryl/α,β-unsaturated/α-hetero) is 1. The lowest BCUT2D eigenvalue weighted by Gasteiger charge is -2.21. The number of hydrogen-bond acceptors (Lipinski definition) is 3. The molecule has 1 unspecified atom stereocenters. The first-order valence-electron chi connectivity index (χ1n) is 6.37. The number of carbonyl (C=O) groups excluding carboxylic acids is 1. The van der Waals surface area contributed by atoms with Crippen molar-refractivity contribution in [2.24, 2.45) is 0 Å². The van der Waals surface area contributed by atoms with Crippen molar-refractivity contribution in [1.82, 2.24) is 0 Å². The molecule has 0 N–H and O–H groups in total. The first-order valence-corrected chi connectivity index (χ1v) is 7.75. The van der Waals surface area contributed by atoms with E-state index in [4.69, 9.17) is 4.74 Å². The van der Waals surface area contributed by atoms with Crippen LogP contribution in [0.5, 0.6) is 0 Å². The topological polar surface area (TPSA) is 43.4 Å². The summed E-state index contributed by atoms with van der Waals surface area (Å²) in [6.45, 7) is 1.22. The van der Waals surface area contributed by atoms with Gasteiger partial charge in [-0.15, -0.1) is 0 Å². The second-order valence-corrected chi connectivity index (χ2v) is 6.36. The lowest BCUT2D eigenvalue weighted by Crippen LogP contribution is -2.29. The Balaban J connectivity index is 1.87. The Labute approximate surface area is 114 Å². The van der Waals surface area contributed by atoms with Crippen LogP contribution in [0.2, 0.25) is 0 Å². The quantitative estimate of drug-likeness (QED) is 0.829. The average Bonchev–Trinajstić information content (AvgIpc) is 2.42. The normalized spacial score (nSPS) is 18.2. The highest BCUT2D eigenvalue weighted by atomic mass is 32.2. The average molecular weight is 284 g/mol. The van der Waals surface area contributed by atoms with Gasteiger partial charge in [-0.05, 0) is 24.5 Å². The molecule has 1 aliphatic heterocycles. The van der Waals surface area contributed by atoms with E-state index in [-0.39, 0.29) is 29.0 Å². The molecule has 0 aromatic heterocycles. The molecule has 104 valence electrons. The fraction of sp³-hybridized carbons (Fsp3) is 0.500. The zero-order valence-electron chi connectivity index (χ0n) is 10.6. The van der Waals surface area contributed by atoms with Gasteiger partial charge in [-0.25, -0.2) is 4.39 Å². The van der Waals surface area contributed by atoms with E-state index in [0.29, 0.717) is 18.8 Å². The molecule has 0 saturated carbocycles. The fourth-order valence-electron chi connectivity index (χ4n) is 2.12. The molecule has 0 amide bonds. The minimum Gasteiger partial charge on any atom is -0.381 e. The van der Waals surface area contributed by atoms with Crippen molar-refractivity contribution in [3.05, 3.63) is 35.6 Å². The smallest absolute Gasteiger partial charge is 0.149 e. The van der Waals surface area contributed by atoms with Gasteiger partial charge in [-0.3, -0.25) is 9.00 Å². The molecule has 0 spiro atoms. The van der Waals surface area contributed by atoms with Gasteiger partial charge in [0.1, 0.15) is 11.6 Å². The number of carbonyl (C=O) groups is 1. The van der Waals surface area contributed by atoms with E-state index in [0.717, 1.165) is 12.8 Å². The number of rotatable bonds is 5. The standard InChI is InChI=1S/C14H17FO3S/c15-14-4-2-1-3-11(14)9-12(16)10-19(17)13-5-7-18-8-6-13/h1-4,13H,5-10H2.